The second-order valence-electron chi connectivity index (χ2n) is 6.90. The smallest absolute Gasteiger partial charge is 0.260 e. The van der Waals surface area contributed by atoms with Gasteiger partial charge < -0.3 is 9.51 Å². The lowest BCUT2D eigenvalue weighted by Crippen LogP contribution is -2.11. The molecule has 0 saturated heterocycles. The molecule has 1 atom stereocenters. The molecule has 3 aromatic rings. The lowest BCUT2D eigenvalue weighted by molar-refractivity contribution is 0.383. The molecule has 8 heteroatoms. The molecule has 1 unspecified atom stereocenters. The number of aromatic amines is 1. The number of thioether (sulfide) groups is 1. The Morgan fingerprint density at radius 3 is 2.69 bits per heavy atom. The van der Waals surface area contributed by atoms with Crippen molar-refractivity contribution in [2.24, 2.45) is 5.92 Å². The normalized spacial score (nSPS) is 13.0. The van der Waals surface area contributed by atoms with E-state index < -0.39 is 0 Å². The van der Waals surface area contributed by atoms with Crippen LogP contribution in [-0.2, 0) is 12.2 Å². The van der Waals surface area contributed by atoms with Crippen molar-refractivity contribution in [1.82, 2.24) is 20.1 Å². The highest BCUT2D eigenvalue weighted by molar-refractivity contribution is 7.98. The first-order chi connectivity index (χ1) is 12.4. The van der Waals surface area contributed by atoms with Crippen LogP contribution in [0.2, 0.25) is 0 Å². The van der Waals surface area contributed by atoms with Crippen molar-refractivity contribution < 1.29 is 4.52 Å². The summed E-state index contributed by atoms with van der Waals surface area (Å²) in [4.78, 5) is 26.5. The third kappa shape index (κ3) is 4.01. The lowest BCUT2D eigenvalue weighted by Gasteiger charge is -2.08. The first kappa shape index (κ1) is 19.1. The molecule has 1 N–H and O–H groups in total. The second-order valence-corrected chi connectivity index (χ2v) is 9.06. The monoisotopic (exact) mass is 392 g/mol. The first-order valence-corrected chi connectivity index (χ1v) is 10.7. The van der Waals surface area contributed by atoms with E-state index in [0.717, 1.165) is 28.6 Å². The Bertz CT molecular complexity index is 958. The van der Waals surface area contributed by atoms with Gasteiger partial charge in [-0.2, -0.15) is 4.98 Å². The Kier molecular flexibility index (Phi) is 5.82. The molecule has 6 nitrogen and oxygen atoms in total. The molecule has 0 aliphatic carbocycles. The fraction of sp³-hybridized carbons (Fsp3) is 0.556. The summed E-state index contributed by atoms with van der Waals surface area (Å²) in [5.41, 5.74) is 1.08. The molecule has 0 amide bonds. The standard InChI is InChI=1S/C18H24N4O2S2/c1-6-10(4)7-12-11(5)26-17-14(12)16(23)20-18(21-17)25-8-13-19-15(9(2)3)22-24-13/h9-10H,6-8H2,1-5H3,(H,20,21,23). The Labute approximate surface area is 160 Å². The molecule has 3 heterocycles. The van der Waals surface area contributed by atoms with Crippen molar-refractivity contribution in [3.05, 3.63) is 32.5 Å². The third-order valence-electron chi connectivity index (χ3n) is 4.42. The number of aryl methyl sites for hydroxylation is 1. The quantitative estimate of drug-likeness (QED) is 0.464. The van der Waals surface area contributed by atoms with Crippen LogP contribution in [0.25, 0.3) is 10.2 Å². The maximum atomic E-state index is 12.7. The summed E-state index contributed by atoms with van der Waals surface area (Å²) in [5, 5.41) is 5.29. The van der Waals surface area contributed by atoms with E-state index in [-0.39, 0.29) is 11.5 Å². The number of rotatable bonds is 7. The molecule has 140 valence electrons. The van der Waals surface area contributed by atoms with E-state index in [2.05, 4.69) is 40.9 Å². The van der Waals surface area contributed by atoms with E-state index in [1.54, 1.807) is 11.3 Å². The number of nitrogens with zero attached hydrogens (tertiary/aromatic N) is 3. The molecule has 26 heavy (non-hydrogen) atoms. The maximum absolute atomic E-state index is 12.7. The van der Waals surface area contributed by atoms with Gasteiger partial charge in [0, 0.05) is 10.8 Å². The number of thiophene rings is 1. The topological polar surface area (TPSA) is 84.7 Å². The van der Waals surface area contributed by atoms with Crippen molar-refractivity contribution in [2.75, 3.05) is 0 Å². The van der Waals surface area contributed by atoms with E-state index >= 15 is 0 Å². The molecule has 3 aromatic heterocycles. The highest BCUT2D eigenvalue weighted by Crippen LogP contribution is 2.31. The highest BCUT2D eigenvalue weighted by Gasteiger charge is 2.17. The number of nitrogens with one attached hydrogen (secondary N) is 1. The lowest BCUT2D eigenvalue weighted by atomic mass is 9.98. The zero-order chi connectivity index (χ0) is 18.8. The minimum atomic E-state index is -0.0615. The second kappa shape index (κ2) is 7.92. The molecule has 0 aromatic carbocycles. The summed E-state index contributed by atoms with van der Waals surface area (Å²) in [7, 11) is 0. The van der Waals surface area contributed by atoms with Gasteiger partial charge in [-0.3, -0.25) is 4.79 Å². The van der Waals surface area contributed by atoms with Gasteiger partial charge in [0.05, 0.1) is 11.1 Å². The number of hydrogen-bond acceptors (Lipinski definition) is 7. The highest BCUT2D eigenvalue weighted by atomic mass is 32.2. The minimum absolute atomic E-state index is 0.0615. The fourth-order valence-corrected chi connectivity index (χ4v) is 4.46. The van der Waals surface area contributed by atoms with Gasteiger partial charge in [-0.25, -0.2) is 4.98 Å². The average molecular weight is 393 g/mol. The van der Waals surface area contributed by atoms with Gasteiger partial charge in [-0.05, 0) is 24.8 Å². The molecule has 0 aliphatic heterocycles. The van der Waals surface area contributed by atoms with Crippen LogP contribution in [-0.4, -0.2) is 20.1 Å². The predicted molar refractivity (Wildman–Crippen MR) is 106 cm³/mol. The predicted octanol–water partition coefficient (Wildman–Crippen LogP) is 4.68. The Balaban J connectivity index is 1.83. The SMILES string of the molecule is CCC(C)Cc1c(C)sc2nc(SCc3nc(C(C)C)no3)[nH]c(=O)c12. The van der Waals surface area contributed by atoms with E-state index in [9.17, 15) is 4.79 Å². The third-order valence-corrected chi connectivity index (χ3v) is 6.32. The molecule has 0 radical (unpaired) electrons. The minimum Gasteiger partial charge on any atom is -0.338 e. The molecule has 0 fully saturated rings. The van der Waals surface area contributed by atoms with Gasteiger partial charge in [0.2, 0.25) is 5.89 Å². The Morgan fingerprint density at radius 2 is 2.04 bits per heavy atom. The van der Waals surface area contributed by atoms with Gasteiger partial charge >= 0.3 is 0 Å². The van der Waals surface area contributed by atoms with Crippen LogP contribution in [0.1, 0.15) is 62.2 Å². The molecule has 0 bridgehead atoms. The van der Waals surface area contributed by atoms with Crippen molar-refractivity contribution in [3.63, 3.8) is 0 Å². The van der Waals surface area contributed by atoms with Gasteiger partial charge in [-0.15, -0.1) is 11.3 Å². The molecular weight excluding hydrogens is 368 g/mol. The van der Waals surface area contributed by atoms with Crippen molar-refractivity contribution in [3.8, 4) is 0 Å². The van der Waals surface area contributed by atoms with Gasteiger partial charge in [-0.1, -0.05) is 51.0 Å². The van der Waals surface area contributed by atoms with Crippen LogP contribution >= 0.6 is 23.1 Å². The molecule has 0 aliphatic rings. The Morgan fingerprint density at radius 1 is 1.27 bits per heavy atom. The van der Waals surface area contributed by atoms with Crippen molar-refractivity contribution in [2.45, 2.75) is 64.3 Å². The van der Waals surface area contributed by atoms with Gasteiger partial charge in [0.15, 0.2) is 11.0 Å². The van der Waals surface area contributed by atoms with Crippen LogP contribution in [0.5, 0.6) is 0 Å². The fourth-order valence-electron chi connectivity index (χ4n) is 2.65. The number of hydrogen-bond donors (Lipinski definition) is 1. The van der Waals surface area contributed by atoms with E-state index in [1.807, 2.05) is 13.8 Å². The van der Waals surface area contributed by atoms with Gasteiger partial charge in [0.1, 0.15) is 4.83 Å². The summed E-state index contributed by atoms with van der Waals surface area (Å²) in [5.74, 6) is 2.50. The summed E-state index contributed by atoms with van der Waals surface area (Å²) < 4.78 is 5.25. The van der Waals surface area contributed by atoms with Gasteiger partial charge in [0.25, 0.3) is 5.56 Å². The maximum Gasteiger partial charge on any atom is 0.260 e. The largest absolute Gasteiger partial charge is 0.338 e. The van der Waals surface area contributed by atoms with Crippen LogP contribution in [0.15, 0.2) is 14.5 Å². The molecule has 3 rings (SSSR count). The number of fused-ring (bicyclic) bond motifs is 1. The van der Waals surface area contributed by atoms with Crippen LogP contribution in [0.3, 0.4) is 0 Å². The number of H-pyrrole nitrogens is 1. The summed E-state index contributed by atoms with van der Waals surface area (Å²) in [6, 6.07) is 0. The van der Waals surface area contributed by atoms with Crippen LogP contribution in [0.4, 0.5) is 0 Å². The van der Waals surface area contributed by atoms with E-state index in [0.29, 0.717) is 28.5 Å². The van der Waals surface area contributed by atoms with Crippen molar-refractivity contribution >= 4 is 33.3 Å². The zero-order valence-electron chi connectivity index (χ0n) is 15.8. The summed E-state index contributed by atoms with van der Waals surface area (Å²) in [6.45, 7) is 10.5. The first-order valence-electron chi connectivity index (χ1n) is 8.86. The molecular formula is C18H24N4O2S2. The van der Waals surface area contributed by atoms with E-state index in [4.69, 9.17) is 4.52 Å². The Hall–Kier alpha value is -1.67. The molecule has 0 spiro atoms. The number of aromatic nitrogens is 4. The van der Waals surface area contributed by atoms with E-state index in [1.165, 1.54) is 16.6 Å². The van der Waals surface area contributed by atoms with Crippen LogP contribution in [0, 0.1) is 12.8 Å². The average Bonchev–Trinajstić information content (AvgIpc) is 3.18. The zero-order valence-corrected chi connectivity index (χ0v) is 17.4. The molecule has 0 saturated carbocycles. The van der Waals surface area contributed by atoms with Crippen molar-refractivity contribution in [1.29, 1.82) is 0 Å². The summed E-state index contributed by atoms with van der Waals surface area (Å²) >= 11 is 3.00. The summed E-state index contributed by atoms with van der Waals surface area (Å²) in [6.07, 6.45) is 2.01. The van der Waals surface area contributed by atoms with Crippen LogP contribution < -0.4 is 5.56 Å².